The van der Waals surface area contributed by atoms with Crippen molar-refractivity contribution in [3.8, 4) is 0 Å². The van der Waals surface area contributed by atoms with Gasteiger partial charge in [0, 0.05) is 37.6 Å². The van der Waals surface area contributed by atoms with Gasteiger partial charge in [0.15, 0.2) is 0 Å². The summed E-state index contributed by atoms with van der Waals surface area (Å²) >= 11 is 0. The summed E-state index contributed by atoms with van der Waals surface area (Å²) in [6.07, 6.45) is 0.215. The first-order valence-electron chi connectivity index (χ1n) is 7.43. The fourth-order valence-electron chi connectivity index (χ4n) is 2.60. The van der Waals surface area contributed by atoms with E-state index < -0.39 is 0 Å². The van der Waals surface area contributed by atoms with Crippen molar-refractivity contribution in [3.05, 3.63) is 17.5 Å². The number of ether oxygens (including phenoxy) is 1. The first-order valence-corrected chi connectivity index (χ1v) is 7.43. The van der Waals surface area contributed by atoms with Gasteiger partial charge in [-0.3, -0.25) is 4.90 Å². The highest BCUT2D eigenvalue weighted by molar-refractivity contribution is 5.27. The fraction of sp³-hybridized carbons (Fsp3) is 0.733. The summed E-state index contributed by atoms with van der Waals surface area (Å²) < 4.78 is 5.81. The molecule has 0 saturated carbocycles. The van der Waals surface area contributed by atoms with Gasteiger partial charge < -0.3 is 10.1 Å². The molecule has 1 saturated heterocycles. The number of morpholine rings is 1. The predicted octanol–water partition coefficient (Wildman–Crippen LogP) is 1.86. The van der Waals surface area contributed by atoms with Crippen molar-refractivity contribution in [2.75, 3.05) is 38.1 Å². The van der Waals surface area contributed by atoms with Crippen molar-refractivity contribution in [1.82, 2.24) is 14.9 Å². The van der Waals surface area contributed by atoms with Gasteiger partial charge >= 0.3 is 0 Å². The molecule has 5 nitrogen and oxygen atoms in total. The number of nitrogens with one attached hydrogen (secondary N) is 1. The van der Waals surface area contributed by atoms with Crippen LogP contribution in [-0.4, -0.2) is 53.8 Å². The Morgan fingerprint density at radius 2 is 2.05 bits per heavy atom. The largest absolute Gasteiger partial charge is 0.374 e. The molecule has 1 atom stereocenters. The van der Waals surface area contributed by atoms with E-state index in [1.165, 1.54) is 0 Å². The van der Waals surface area contributed by atoms with Gasteiger partial charge in [-0.05, 0) is 25.8 Å². The van der Waals surface area contributed by atoms with Crippen molar-refractivity contribution < 1.29 is 4.74 Å². The summed E-state index contributed by atoms with van der Waals surface area (Å²) in [6.45, 7) is 13.2. The van der Waals surface area contributed by atoms with Crippen molar-refractivity contribution >= 4 is 5.95 Å². The maximum atomic E-state index is 5.81. The van der Waals surface area contributed by atoms with Crippen molar-refractivity contribution in [2.45, 2.75) is 33.8 Å². The first-order chi connectivity index (χ1) is 9.52. The lowest BCUT2D eigenvalue weighted by atomic mass is 10.2. The third-order valence-corrected chi connectivity index (χ3v) is 3.32. The van der Waals surface area contributed by atoms with E-state index in [-0.39, 0.29) is 6.10 Å². The molecule has 0 aliphatic carbocycles. The Balaban J connectivity index is 1.84. The van der Waals surface area contributed by atoms with E-state index in [0.29, 0.717) is 11.9 Å². The van der Waals surface area contributed by atoms with Crippen LogP contribution in [0.1, 0.15) is 25.2 Å². The molecule has 0 amide bonds. The van der Waals surface area contributed by atoms with E-state index in [2.05, 4.69) is 34.0 Å². The fourth-order valence-corrected chi connectivity index (χ4v) is 2.60. The van der Waals surface area contributed by atoms with E-state index in [1.54, 1.807) is 0 Å². The average molecular weight is 278 g/mol. The van der Waals surface area contributed by atoms with Crippen LogP contribution in [0.2, 0.25) is 0 Å². The zero-order chi connectivity index (χ0) is 14.5. The van der Waals surface area contributed by atoms with Gasteiger partial charge in [0.25, 0.3) is 0 Å². The molecule has 2 rings (SSSR count). The molecule has 20 heavy (non-hydrogen) atoms. The molecule has 0 spiro atoms. The third-order valence-electron chi connectivity index (χ3n) is 3.32. The molecule has 1 aliphatic rings. The zero-order valence-electron chi connectivity index (χ0n) is 13.0. The van der Waals surface area contributed by atoms with Crippen LogP contribution in [-0.2, 0) is 4.74 Å². The number of nitrogens with zero attached hydrogens (tertiary/aromatic N) is 3. The summed E-state index contributed by atoms with van der Waals surface area (Å²) in [5, 5.41) is 3.30. The molecule has 0 bridgehead atoms. The van der Waals surface area contributed by atoms with E-state index in [0.717, 1.165) is 44.2 Å². The van der Waals surface area contributed by atoms with Crippen molar-refractivity contribution in [1.29, 1.82) is 0 Å². The van der Waals surface area contributed by atoms with E-state index in [9.17, 15) is 0 Å². The van der Waals surface area contributed by atoms with Crippen molar-refractivity contribution in [3.63, 3.8) is 0 Å². The van der Waals surface area contributed by atoms with Crippen LogP contribution in [0, 0.1) is 19.8 Å². The first kappa shape index (κ1) is 15.2. The van der Waals surface area contributed by atoms with Crippen LogP contribution in [0.3, 0.4) is 0 Å². The lowest BCUT2D eigenvalue weighted by molar-refractivity contribution is -0.0244. The minimum atomic E-state index is 0.215. The Labute approximate surface area is 121 Å². The quantitative estimate of drug-likeness (QED) is 0.891. The Morgan fingerprint density at radius 1 is 1.35 bits per heavy atom. The van der Waals surface area contributed by atoms with Crippen LogP contribution < -0.4 is 5.32 Å². The molecule has 112 valence electrons. The van der Waals surface area contributed by atoms with Crippen molar-refractivity contribution in [2.24, 2.45) is 5.92 Å². The molecule has 1 aromatic heterocycles. The summed E-state index contributed by atoms with van der Waals surface area (Å²) in [5.41, 5.74) is 1.98. The number of hydrogen-bond donors (Lipinski definition) is 1. The minimum absolute atomic E-state index is 0.215. The molecule has 1 N–H and O–H groups in total. The van der Waals surface area contributed by atoms with Crippen LogP contribution in [0.25, 0.3) is 0 Å². The third kappa shape index (κ3) is 4.72. The summed E-state index contributed by atoms with van der Waals surface area (Å²) in [4.78, 5) is 11.3. The molecule has 2 heterocycles. The molecule has 5 heteroatoms. The molecule has 1 aliphatic heterocycles. The second-order valence-corrected chi connectivity index (χ2v) is 6.00. The monoisotopic (exact) mass is 278 g/mol. The van der Waals surface area contributed by atoms with Crippen LogP contribution in [0.5, 0.6) is 0 Å². The second-order valence-electron chi connectivity index (χ2n) is 6.00. The zero-order valence-corrected chi connectivity index (χ0v) is 13.0. The lowest BCUT2D eigenvalue weighted by Gasteiger charge is -2.33. The Bertz CT molecular complexity index is 416. The van der Waals surface area contributed by atoms with Gasteiger partial charge in [-0.1, -0.05) is 13.8 Å². The van der Waals surface area contributed by atoms with Gasteiger partial charge in [0.1, 0.15) is 0 Å². The molecule has 1 aromatic rings. The van der Waals surface area contributed by atoms with Crippen LogP contribution in [0.15, 0.2) is 6.07 Å². The normalized spacial score (nSPS) is 20.4. The molecular weight excluding hydrogens is 252 g/mol. The van der Waals surface area contributed by atoms with Crippen LogP contribution in [0.4, 0.5) is 5.95 Å². The Morgan fingerprint density at radius 3 is 2.70 bits per heavy atom. The second kappa shape index (κ2) is 6.99. The highest BCUT2D eigenvalue weighted by atomic mass is 16.5. The summed E-state index contributed by atoms with van der Waals surface area (Å²) in [6, 6.07) is 1.98. The average Bonchev–Trinajstić information content (AvgIpc) is 2.35. The maximum absolute atomic E-state index is 5.81. The van der Waals surface area contributed by atoms with Gasteiger partial charge in [0.2, 0.25) is 5.95 Å². The van der Waals surface area contributed by atoms with Gasteiger partial charge in [0.05, 0.1) is 12.7 Å². The molecule has 0 radical (unpaired) electrons. The van der Waals surface area contributed by atoms with E-state index in [1.807, 2.05) is 19.9 Å². The maximum Gasteiger partial charge on any atom is 0.223 e. The number of rotatable bonds is 5. The molecular formula is C15H26N4O. The molecule has 1 fully saturated rings. The SMILES string of the molecule is Cc1cc(C)nc(NCC2CN(CC(C)C)CCO2)n1. The van der Waals surface area contributed by atoms with E-state index >= 15 is 0 Å². The van der Waals surface area contributed by atoms with Gasteiger partial charge in [-0.25, -0.2) is 9.97 Å². The Hall–Kier alpha value is -1.20. The van der Waals surface area contributed by atoms with Crippen LogP contribution >= 0.6 is 0 Å². The summed E-state index contributed by atoms with van der Waals surface area (Å²) in [5.74, 6) is 1.40. The Kier molecular flexibility index (Phi) is 5.31. The smallest absolute Gasteiger partial charge is 0.223 e. The predicted molar refractivity (Wildman–Crippen MR) is 81.0 cm³/mol. The number of hydrogen-bond acceptors (Lipinski definition) is 5. The lowest BCUT2D eigenvalue weighted by Crippen LogP contribution is -2.46. The topological polar surface area (TPSA) is 50.3 Å². The highest BCUT2D eigenvalue weighted by Gasteiger charge is 2.20. The highest BCUT2D eigenvalue weighted by Crippen LogP contribution is 2.09. The standard InChI is InChI=1S/C15H26N4O/c1-11(2)9-19-5-6-20-14(10-19)8-16-15-17-12(3)7-13(4)18-15/h7,11,14H,5-6,8-10H2,1-4H3,(H,16,17,18). The number of aromatic nitrogens is 2. The molecule has 0 aromatic carbocycles. The number of anilines is 1. The molecule has 1 unspecified atom stereocenters. The van der Waals surface area contributed by atoms with Gasteiger partial charge in [-0.15, -0.1) is 0 Å². The van der Waals surface area contributed by atoms with Gasteiger partial charge in [-0.2, -0.15) is 0 Å². The van der Waals surface area contributed by atoms with E-state index in [4.69, 9.17) is 4.74 Å². The summed E-state index contributed by atoms with van der Waals surface area (Å²) in [7, 11) is 0. The number of aryl methyl sites for hydroxylation is 2. The minimum Gasteiger partial charge on any atom is -0.374 e.